The van der Waals surface area contributed by atoms with Crippen LogP contribution in [0.25, 0.3) is 0 Å². The highest BCUT2D eigenvalue weighted by molar-refractivity contribution is 6.24. The molecule has 1 aliphatic rings. The Bertz CT molecular complexity index is 900. The first-order chi connectivity index (χ1) is 12.7. The first kappa shape index (κ1) is 18.4. The van der Waals surface area contributed by atoms with Gasteiger partial charge < -0.3 is 5.32 Å². The molecule has 0 spiro atoms. The minimum Gasteiger partial charge on any atom is -0.314 e. The number of anilines is 1. The van der Waals surface area contributed by atoms with Crippen LogP contribution in [0.15, 0.2) is 48.8 Å². The number of nitrogens with zero attached hydrogens (tertiary/aromatic N) is 2. The van der Waals surface area contributed by atoms with Gasteiger partial charge in [0.25, 0.3) is 17.5 Å². The van der Waals surface area contributed by atoms with Crippen molar-refractivity contribution in [2.24, 2.45) is 0 Å². The number of aromatic nitrogens is 1. The number of pyridine rings is 1. The molecule has 27 heavy (non-hydrogen) atoms. The van der Waals surface area contributed by atoms with Crippen molar-refractivity contribution in [3.05, 3.63) is 59.9 Å². The van der Waals surface area contributed by atoms with Crippen LogP contribution in [0.3, 0.4) is 0 Å². The number of rotatable bonds is 3. The molecule has 1 fully saturated rings. The maximum Gasteiger partial charge on any atom is 0.440 e. The molecule has 1 aromatic carbocycles. The number of hydrogen-bond donors (Lipinski definition) is 2. The van der Waals surface area contributed by atoms with Gasteiger partial charge in [-0.2, -0.15) is 13.2 Å². The maximum atomic E-state index is 13.8. The number of amides is 4. The van der Waals surface area contributed by atoms with Crippen molar-refractivity contribution in [3.8, 4) is 0 Å². The van der Waals surface area contributed by atoms with E-state index in [1.165, 1.54) is 42.6 Å². The van der Waals surface area contributed by atoms with E-state index in [2.05, 4.69) is 4.98 Å². The molecule has 4 amide bonds. The predicted octanol–water partition coefficient (Wildman–Crippen LogP) is 2.13. The Kier molecular flexibility index (Phi) is 4.34. The summed E-state index contributed by atoms with van der Waals surface area (Å²) in [4.78, 5) is 41.0. The smallest absolute Gasteiger partial charge is 0.314 e. The van der Waals surface area contributed by atoms with Gasteiger partial charge in [0.05, 0.1) is 11.3 Å². The molecule has 2 heterocycles. The minimum atomic E-state index is -5.28. The lowest BCUT2D eigenvalue weighted by atomic mass is 10.1. The summed E-state index contributed by atoms with van der Waals surface area (Å²) in [7, 11) is 0. The number of carbonyl (C=O) groups excluding carboxylic acids is 3. The molecule has 10 heteroatoms. The lowest BCUT2D eigenvalue weighted by Crippen LogP contribution is -2.69. The molecular formula is C17H13F3N4O3. The van der Waals surface area contributed by atoms with Gasteiger partial charge in [0, 0.05) is 12.4 Å². The van der Waals surface area contributed by atoms with E-state index in [0.717, 1.165) is 11.8 Å². The van der Waals surface area contributed by atoms with Crippen LogP contribution >= 0.6 is 0 Å². The number of hydrogen-bond acceptors (Lipinski definition) is 4. The molecule has 7 nitrogen and oxygen atoms in total. The normalized spacial score (nSPS) is 19.8. The van der Waals surface area contributed by atoms with Gasteiger partial charge in [0.1, 0.15) is 0 Å². The first-order valence-corrected chi connectivity index (χ1v) is 7.68. The van der Waals surface area contributed by atoms with Crippen LogP contribution in [0, 0.1) is 6.92 Å². The molecule has 1 aliphatic heterocycles. The zero-order valence-electron chi connectivity index (χ0n) is 13.9. The summed E-state index contributed by atoms with van der Waals surface area (Å²) in [6, 6.07) is 7.03. The highest BCUT2D eigenvalue weighted by Gasteiger charge is 2.69. The van der Waals surface area contributed by atoms with Crippen molar-refractivity contribution in [1.82, 2.24) is 15.6 Å². The molecule has 2 aromatic rings. The van der Waals surface area contributed by atoms with Crippen LogP contribution in [0.4, 0.5) is 23.7 Å². The summed E-state index contributed by atoms with van der Waals surface area (Å²) >= 11 is 0. The van der Waals surface area contributed by atoms with Gasteiger partial charge in [-0.3, -0.25) is 19.9 Å². The molecule has 140 valence electrons. The molecular weight excluding hydrogens is 365 g/mol. The van der Waals surface area contributed by atoms with Gasteiger partial charge in [-0.1, -0.05) is 17.7 Å². The van der Waals surface area contributed by atoms with Crippen molar-refractivity contribution in [2.75, 3.05) is 4.90 Å². The van der Waals surface area contributed by atoms with E-state index < -0.39 is 29.7 Å². The zero-order valence-corrected chi connectivity index (χ0v) is 13.9. The minimum absolute atomic E-state index is 0.0511. The van der Waals surface area contributed by atoms with E-state index in [0.29, 0.717) is 4.90 Å². The third-order valence-corrected chi connectivity index (χ3v) is 3.96. The lowest BCUT2D eigenvalue weighted by Gasteiger charge is -2.29. The second-order valence-electron chi connectivity index (χ2n) is 5.85. The number of carbonyl (C=O) groups is 3. The van der Waals surface area contributed by atoms with Crippen LogP contribution in [0.5, 0.6) is 0 Å². The SMILES string of the molecule is Cc1ccc(N2C(=O)NC(NC(=O)c3cccnc3)(C(F)(F)F)C2=O)cc1. The molecule has 0 bridgehead atoms. The molecule has 0 radical (unpaired) electrons. The van der Waals surface area contributed by atoms with E-state index in [-0.39, 0.29) is 11.3 Å². The lowest BCUT2D eigenvalue weighted by molar-refractivity contribution is -0.197. The molecule has 1 saturated heterocycles. The van der Waals surface area contributed by atoms with E-state index >= 15 is 0 Å². The fourth-order valence-electron chi connectivity index (χ4n) is 2.55. The van der Waals surface area contributed by atoms with Crippen molar-refractivity contribution in [3.63, 3.8) is 0 Å². The van der Waals surface area contributed by atoms with Crippen molar-refractivity contribution < 1.29 is 27.6 Å². The summed E-state index contributed by atoms with van der Waals surface area (Å²) < 4.78 is 41.3. The molecule has 2 N–H and O–H groups in total. The third-order valence-electron chi connectivity index (χ3n) is 3.96. The first-order valence-electron chi connectivity index (χ1n) is 7.68. The van der Waals surface area contributed by atoms with Gasteiger partial charge in [0.15, 0.2) is 0 Å². The summed E-state index contributed by atoms with van der Waals surface area (Å²) in [5, 5.41) is 3.19. The molecule has 0 saturated carbocycles. The number of imide groups is 1. The number of nitrogens with one attached hydrogen (secondary N) is 2. The second-order valence-corrected chi connectivity index (χ2v) is 5.85. The van der Waals surface area contributed by atoms with Crippen LogP contribution in [-0.2, 0) is 4.79 Å². The largest absolute Gasteiger partial charge is 0.440 e. The number of urea groups is 1. The highest BCUT2D eigenvalue weighted by Crippen LogP contribution is 2.36. The van der Waals surface area contributed by atoms with Crippen LogP contribution in [-0.4, -0.2) is 34.7 Å². The standard InChI is InChI=1S/C17H13F3N4O3/c1-10-4-6-12(7-5-10)24-14(26)16(17(18,19)20,23-15(24)27)22-13(25)11-3-2-8-21-9-11/h2-9H,1H3,(H,22,25)(H,23,27). The second kappa shape index (κ2) is 6.38. The average Bonchev–Trinajstić information content (AvgIpc) is 2.87. The van der Waals surface area contributed by atoms with Crippen molar-refractivity contribution >= 4 is 23.5 Å². The van der Waals surface area contributed by atoms with Gasteiger partial charge in [-0.05, 0) is 31.2 Å². The Morgan fingerprint density at radius 2 is 1.85 bits per heavy atom. The van der Waals surface area contributed by atoms with Crippen LogP contribution < -0.4 is 15.5 Å². The Morgan fingerprint density at radius 1 is 1.19 bits per heavy atom. The molecule has 1 aromatic heterocycles. The van der Waals surface area contributed by atoms with Crippen molar-refractivity contribution in [2.45, 2.75) is 18.8 Å². The van der Waals surface area contributed by atoms with Gasteiger partial charge in [-0.15, -0.1) is 0 Å². The monoisotopic (exact) mass is 378 g/mol. The highest BCUT2D eigenvalue weighted by atomic mass is 19.4. The molecule has 1 atom stereocenters. The van der Waals surface area contributed by atoms with Crippen molar-refractivity contribution in [1.29, 1.82) is 0 Å². The van der Waals surface area contributed by atoms with Crippen LogP contribution in [0.2, 0.25) is 0 Å². The number of halogens is 3. The van der Waals surface area contributed by atoms with Gasteiger partial charge in [-0.25, -0.2) is 9.69 Å². The van der Waals surface area contributed by atoms with E-state index in [1.807, 2.05) is 0 Å². The fraction of sp³-hybridized carbons (Fsp3) is 0.176. The topological polar surface area (TPSA) is 91.4 Å². The summed E-state index contributed by atoms with van der Waals surface area (Å²) in [6.07, 6.45) is -2.91. The predicted molar refractivity (Wildman–Crippen MR) is 87.7 cm³/mol. The zero-order chi connectivity index (χ0) is 19.8. The summed E-state index contributed by atoms with van der Waals surface area (Å²) in [5.41, 5.74) is -3.04. The Balaban J connectivity index is 2.00. The van der Waals surface area contributed by atoms with E-state index in [4.69, 9.17) is 0 Å². The van der Waals surface area contributed by atoms with E-state index in [1.54, 1.807) is 17.6 Å². The van der Waals surface area contributed by atoms with Gasteiger partial charge in [0.2, 0.25) is 0 Å². The van der Waals surface area contributed by atoms with Crippen LogP contribution in [0.1, 0.15) is 15.9 Å². The molecule has 0 aliphatic carbocycles. The quantitative estimate of drug-likeness (QED) is 0.801. The third kappa shape index (κ3) is 3.09. The van der Waals surface area contributed by atoms with Gasteiger partial charge >= 0.3 is 12.2 Å². The average molecular weight is 378 g/mol. The number of aryl methyl sites for hydroxylation is 1. The maximum absolute atomic E-state index is 13.8. The Hall–Kier alpha value is -3.43. The number of alkyl halides is 3. The fourth-order valence-corrected chi connectivity index (χ4v) is 2.55. The Morgan fingerprint density at radius 3 is 2.41 bits per heavy atom. The summed E-state index contributed by atoms with van der Waals surface area (Å²) in [6.45, 7) is 1.74. The van der Waals surface area contributed by atoms with E-state index in [9.17, 15) is 27.6 Å². The molecule has 1 unspecified atom stereocenters. The number of benzene rings is 1. The molecule has 3 rings (SSSR count). The Labute approximate surface area is 151 Å². The summed E-state index contributed by atoms with van der Waals surface area (Å²) in [5.74, 6) is -2.86.